The average Bonchev–Trinajstić information content (AvgIpc) is 2.51. The summed E-state index contributed by atoms with van der Waals surface area (Å²) in [6.07, 6.45) is -1.38. The number of aromatic carboxylic acids is 1. The fourth-order valence-corrected chi connectivity index (χ4v) is 3.49. The number of alkyl halides is 3. The molecule has 0 saturated carbocycles. The van der Waals surface area contributed by atoms with Crippen LogP contribution in [0.2, 0.25) is 0 Å². The number of anilines is 1. The lowest BCUT2D eigenvalue weighted by Crippen LogP contribution is -2.31. The Labute approximate surface area is 116 Å². The van der Waals surface area contributed by atoms with Crippen molar-refractivity contribution in [3.8, 4) is 0 Å². The van der Waals surface area contributed by atoms with E-state index in [1.807, 2.05) is 0 Å². The van der Waals surface area contributed by atoms with Gasteiger partial charge in [-0.1, -0.05) is 6.42 Å². The molecule has 1 amide bonds. The van der Waals surface area contributed by atoms with Crippen LogP contribution in [0.1, 0.15) is 40.1 Å². The van der Waals surface area contributed by atoms with Crippen molar-refractivity contribution in [1.29, 1.82) is 0 Å². The van der Waals surface area contributed by atoms with Crippen LogP contribution in [-0.2, 0) is 17.6 Å². The van der Waals surface area contributed by atoms with Crippen molar-refractivity contribution in [3.05, 3.63) is 16.0 Å². The number of thiophene rings is 1. The number of nitrogens with one attached hydrogen (secondary N) is 1. The molecular weight excluding hydrogens is 295 g/mol. The van der Waals surface area contributed by atoms with Crippen LogP contribution in [0, 0.1) is 0 Å². The summed E-state index contributed by atoms with van der Waals surface area (Å²) in [7, 11) is 0. The molecule has 1 heterocycles. The summed E-state index contributed by atoms with van der Waals surface area (Å²) >= 11 is 0.895. The number of hydrogen-bond donors (Lipinski definition) is 1. The Kier molecular flexibility index (Phi) is 4.03. The van der Waals surface area contributed by atoms with Gasteiger partial charge in [-0.05, 0) is 31.2 Å². The van der Waals surface area contributed by atoms with Crippen molar-refractivity contribution in [2.24, 2.45) is 0 Å². The van der Waals surface area contributed by atoms with Gasteiger partial charge in [0.15, 0.2) is 0 Å². The van der Waals surface area contributed by atoms with Gasteiger partial charge < -0.3 is 15.2 Å². The van der Waals surface area contributed by atoms with Gasteiger partial charge in [-0.2, -0.15) is 13.2 Å². The first-order chi connectivity index (χ1) is 9.30. The Hall–Kier alpha value is -1.57. The number of carbonyl (C=O) groups excluding carboxylic acids is 2. The molecule has 0 bridgehead atoms. The average molecular weight is 306 g/mol. The van der Waals surface area contributed by atoms with Gasteiger partial charge in [-0.3, -0.25) is 4.79 Å². The third-order valence-electron chi connectivity index (χ3n) is 3.11. The monoisotopic (exact) mass is 306 g/mol. The summed E-state index contributed by atoms with van der Waals surface area (Å²) in [5.41, 5.74) is 0.203. The number of carboxylic acids is 1. The normalized spacial score (nSPS) is 15.3. The summed E-state index contributed by atoms with van der Waals surface area (Å²) in [5, 5.41) is 12.5. The Morgan fingerprint density at radius 2 is 1.80 bits per heavy atom. The van der Waals surface area contributed by atoms with Crippen LogP contribution in [-0.4, -0.2) is 18.1 Å². The van der Waals surface area contributed by atoms with E-state index in [2.05, 4.69) is 0 Å². The number of aryl methyl sites for hydroxylation is 1. The predicted octanol–water partition coefficient (Wildman–Crippen LogP) is 1.88. The fourth-order valence-electron chi connectivity index (χ4n) is 2.22. The molecule has 0 unspecified atom stereocenters. The van der Waals surface area contributed by atoms with Crippen LogP contribution < -0.4 is 10.4 Å². The van der Waals surface area contributed by atoms with Crippen molar-refractivity contribution in [2.75, 3.05) is 5.32 Å². The largest absolute Gasteiger partial charge is 0.545 e. The van der Waals surface area contributed by atoms with E-state index in [1.165, 1.54) is 0 Å². The van der Waals surface area contributed by atoms with Crippen LogP contribution in [0.3, 0.4) is 0 Å². The van der Waals surface area contributed by atoms with Crippen molar-refractivity contribution in [3.63, 3.8) is 0 Å². The number of carboxylic acid groups (broad SMARTS) is 1. The Morgan fingerprint density at radius 1 is 1.15 bits per heavy atom. The number of fused-ring (bicyclic) bond motifs is 1. The van der Waals surface area contributed by atoms with Gasteiger partial charge in [0, 0.05) is 10.4 Å². The highest BCUT2D eigenvalue weighted by Gasteiger charge is 2.39. The first-order valence-corrected chi connectivity index (χ1v) is 6.86. The third kappa shape index (κ3) is 2.95. The molecular formula is C12H11F3NO3S-. The molecule has 20 heavy (non-hydrogen) atoms. The molecule has 110 valence electrons. The van der Waals surface area contributed by atoms with E-state index in [0.717, 1.165) is 35.5 Å². The van der Waals surface area contributed by atoms with Gasteiger partial charge in [-0.25, -0.2) is 0 Å². The molecule has 0 fully saturated rings. The van der Waals surface area contributed by atoms with Crippen LogP contribution >= 0.6 is 11.3 Å². The van der Waals surface area contributed by atoms with E-state index in [-0.39, 0.29) is 10.6 Å². The standard InChI is InChI=1S/C12H12F3NO3S/c13-12(14,15)11(19)16-9-8(10(17)18)6-4-2-1-3-5-7(6)20-9/h1-5H2,(H,16,19)(H,17,18)/p-1. The number of hydrogen-bond acceptors (Lipinski definition) is 4. The molecule has 1 N–H and O–H groups in total. The highest BCUT2D eigenvalue weighted by molar-refractivity contribution is 7.17. The van der Waals surface area contributed by atoms with Gasteiger partial charge in [-0.15, -0.1) is 11.3 Å². The quantitative estimate of drug-likeness (QED) is 0.848. The van der Waals surface area contributed by atoms with E-state index < -0.39 is 18.1 Å². The highest BCUT2D eigenvalue weighted by atomic mass is 32.1. The Bertz CT molecular complexity index is 551. The predicted molar refractivity (Wildman–Crippen MR) is 64.6 cm³/mol. The summed E-state index contributed by atoms with van der Waals surface area (Å²) in [6, 6.07) is 0. The van der Waals surface area contributed by atoms with Gasteiger partial charge in [0.2, 0.25) is 0 Å². The molecule has 1 aliphatic carbocycles. The second-order valence-corrected chi connectivity index (χ2v) is 5.61. The van der Waals surface area contributed by atoms with Crippen molar-refractivity contribution in [2.45, 2.75) is 38.3 Å². The first-order valence-electron chi connectivity index (χ1n) is 6.04. The summed E-state index contributed by atoms with van der Waals surface area (Å²) in [5.74, 6) is -3.72. The zero-order valence-electron chi connectivity index (χ0n) is 10.3. The lowest BCUT2D eigenvalue weighted by Gasteiger charge is -2.10. The van der Waals surface area contributed by atoms with Crippen molar-refractivity contribution in [1.82, 2.24) is 0 Å². The molecule has 2 rings (SSSR count). The van der Waals surface area contributed by atoms with Gasteiger partial charge >= 0.3 is 12.1 Å². The molecule has 0 aromatic carbocycles. The highest BCUT2D eigenvalue weighted by Crippen LogP contribution is 2.37. The molecule has 1 aromatic heterocycles. The number of amides is 1. The zero-order chi connectivity index (χ0) is 14.9. The summed E-state index contributed by atoms with van der Waals surface area (Å²) in [4.78, 5) is 22.8. The van der Waals surface area contributed by atoms with Crippen LogP contribution in [0.5, 0.6) is 0 Å². The van der Waals surface area contributed by atoms with Gasteiger partial charge in [0.1, 0.15) is 5.00 Å². The number of halogens is 3. The Morgan fingerprint density at radius 3 is 2.40 bits per heavy atom. The second-order valence-electron chi connectivity index (χ2n) is 4.51. The molecule has 1 aromatic rings. The van der Waals surface area contributed by atoms with E-state index in [0.29, 0.717) is 18.4 Å². The molecule has 1 aliphatic rings. The smallest absolute Gasteiger partial charge is 0.471 e. The van der Waals surface area contributed by atoms with Gasteiger partial charge in [0.25, 0.3) is 0 Å². The molecule has 4 nitrogen and oxygen atoms in total. The lowest BCUT2D eigenvalue weighted by molar-refractivity contribution is -0.254. The van der Waals surface area contributed by atoms with E-state index in [9.17, 15) is 27.9 Å². The minimum Gasteiger partial charge on any atom is -0.545 e. The van der Waals surface area contributed by atoms with E-state index >= 15 is 0 Å². The summed E-state index contributed by atoms with van der Waals surface area (Å²) < 4.78 is 36.7. The maximum absolute atomic E-state index is 12.2. The lowest BCUT2D eigenvalue weighted by atomic mass is 10.1. The zero-order valence-corrected chi connectivity index (χ0v) is 11.1. The van der Waals surface area contributed by atoms with E-state index in [4.69, 9.17) is 0 Å². The number of rotatable bonds is 2. The molecule has 0 spiro atoms. The fraction of sp³-hybridized carbons (Fsp3) is 0.500. The van der Waals surface area contributed by atoms with Crippen LogP contribution in [0.25, 0.3) is 0 Å². The maximum atomic E-state index is 12.2. The molecule has 0 aliphatic heterocycles. The SMILES string of the molecule is O=C([O-])c1c(NC(=O)C(F)(F)F)sc2c1CCCCC2. The van der Waals surface area contributed by atoms with Crippen LogP contribution in [0.4, 0.5) is 18.2 Å². The first kappa shape index (κ1) is 14.8. The molecule has 8 heteroatoms. The van der Waals surface area contributed by atoms with Crippen molar-refractivity contribution < 1.29 is 27.9 Å². The van der Waals surface area contributed by atoms with Crippen LogP contribution in [0.15, 0.2) is 0 Å². The topological polar surface area (TPSA) is 69.2 Å². The third-order valence-corrected chi connectivity index (χ3v) is 4.32. The molecule has 0 atom stereocenters. The molecule has 0 radical (unpaired) electrons. The minimum absolute atomic E-state index is 0.278. The van der Waals surface area contributed by atoms with E-state index in [1.54, 1.807) is 5.32 Å². The molecule has 0 saturated heterocycles. The Balaban J connectivity index is 2.38. The second kappa shape index (κ2) is 5.43. The summed E-state index contributed by atoms with van der Waals surface area (Å²) in [6.45, 7) is 0. The van der Waals surface area contributed by atoms with Gasteiger partial charge in [0.05, 0.1) is 5.97 Å². The minimum atomic E-state index is -5.05. The van der Waals surface area contributed by atoms with Crippen molar-refractivity contribution >= 4 is 28.2 Å². The maximum Gasteiger partial charge on any atom is 0.471 e. The number of carbonyl (C=O) groups is 2.